The van der Waals surface area contributed by atoms with E-state index < -0.39 is 5.54 Å². The molecule has 5 rings (SSSR count). The standard InChI is InChI=1S/C25H23ClN2O2/c1-17-6-10-22(11-7-17)28-24(29)27(21-12-8-20(26)9-13-21)23(25(28)15-30-16-25)19-5-3-4-18(2)14-19/h3-14,23H,15-16H2,1-2H3/t23-/m1/s1. The van der Waals surface area contributed by atoms with Crippen LogP contribution in [0.4, 0.5) is 16.2 Å². The van der Waals surface area contributed by atoms with Gasteiger partial charge in [0.2, 0.25) is 0 Å². The third-order valence-corrected chi connectivity index (χ3v) is 6.32. The number of carbonyl (C=O) groups excluding carboxylic acids is 1. The number of urea groups is 1. The van der Waals surface area contributed by atoms with Crippen molar-refractivity contribution < 1.29 is 9.53 Å². The second-order valence-electron chi connectivity index (χ2n) is 8.21. The molecule has 2 heterocycles. The molecular weight excluding hydrogens is 396 g/mol. The Kier molecular flexibility index (Phi) is 4.57. The number of rotatable bonds is 3. The zero-order valence-electron chi connectivity index (χ0n) is 17.0. The molecule has 0 N–H and O–H groups in total. The molecule has 1 spiro atoms. The Morgan fingerprint density at radius 2 is 1.57 bits per heavy atom. The fourth-order valence-electron chi connectivity index (χ4n) is 4.59. The van der Waals surface area contributed by atoms with Crippen molar-refractivity contribution in [3.8, 4) is 0 Å². The van der Waals surface area contributed by atoms with Gasteiger partial charge in [-0.15, -0.1) is 0 Å². The largest absolute Gasteiger partial charge is 0.376 e. The van der Waals surface area contributed by atoms with E-state index in [1.807, 2.05) is 65.3 Å². The average Bonchev–Trinajstić information content (AvgIpc) is 2.99. The smallest absolute Gasteiger partial charge is 0.330 e. The van der Waals surface area contributed by atoms with Gasteiger partial charge in [-0.3, -0.25) is 9.80 Å². The molecule has 2 saturated heterocycles. The molecule has 0 saturated carbocycles. The van der Waals surface area contributed by atoms with Gasteiger partial charge in [0.1, 0.15) is 5.54 Å². The molecule has 2 fully saturated rings. The number of amides is 2. The third kappa shape index (κ3) is 2.91. The predicted molar refractivity (Wildman–Crippen MR) is 120 cm³/mol. The summed E-state index contributed by atoms with van der Waals surface area (Å²) in [6.45, 7) is 5.12. The Hall–Kier alpha value is -2.82. The third-order valence-electron chi connectivity index (χ3n) is 6.07. The molecule has 3 aromatic rings. The molecule has 2 aliphatic rings. The van der Waals surface area contributed by atoms with Crippen molar-refractivity contribution in [2.45, 2.75) is 25.4 Å². The molecule has 0 bridgehead atoms. The first kappa shape index (κ1) is 19.2. The summed E-state index contributed by atoms with van der Waals surface area (Å²) in [5.74, 6) is 0. The Balaban J connectivity index is 1.70. The van der Waals surface area contributed by atoms with Gasteiger partial charge < -0.3 is 4.74 Å². The normalized spacial score (nSPS) is 20.0. The van der Waals surface area contributed by atoms with Crippen molar-refractivity contribution in [3.63, 3.8) is 0 Å². The van der Waals surface area contributed by atoms with E-state index >= 15 is 0 Å². The van der Waals surface area contributed by atoms with E-state index in [0.29, 0.717) is 18.2 Å². The van der Waals surface area contributed by atoms with Gasteiger partial charge in [-0.25, -0.2) is 4.79 Å². The van der Waals surface area contributed by atoms with E-state index in [1.165, 1.54) is 5.56 Å². The zero-order chi connectivity index (χ0) is 20.9. The lowest BCUT2D eigenvalue weighted by atomic mass is 9.82. The highest BCUT2D eigenvalue weighted by Crippen LogP contribution is 2.51. The molecule has 5 heteroatoms. The molecule has 0 radical (unpaired) electrons. The molecule has 0 aliphatic carbocycles. The summed E-state index contributed by atoms with van der Waals surface area (Å²) < 4.78 is 5.73. The number of benzene rings is 3. The fourth-order valence-corrected chi connectivity index (χ4v) is 4.72. The summed E-state index contributed by atoms with van der Waals surface area (Å²) in [5.41, 5.74) is 4.70. The van der Waals surface area contributed by atoms with Gasteiger partial charge in [-0.2, -0.15) is 0 Å². The van der Waals surface area contributed by atoms with Gasteiger partial charge in [0, 0.05) is 16.4 Å². The van der Waals surface area contributed by atoms with Crippen LogP contribution in [0, 0.1) is 13.8 Å². The van der Waals surface area contributed by atoms with Gasteiger partial charge in [0.25, 0.3) is 0 Å². The van der Waals surface area contributed by atoms with Crippen molar-refractivity contribution in [2.75, 3.05) is 23.0 Å². The number of hydrogen-bond acceptors (Lipinski definition) is 2. The lowest BCUT2D eigenvalue weighted by Gasteiger charge is -2.47. The van der Waals surface area contributed by atoms with Crippen molar-refractivity contribution in [1.82, 2.24) is 0 Å². The van der Waals surface area contributed by atoms with E-state index in [2.05, 4.69) is 31.2 Å². The monoisotopic (exact) mass is 418 g/mol. The summed E-state index contributed by atoms with van der Waals surface area (Å²) in [4.78, 5) is 17.7. The Morgan fingerprint density at radius 1 is 0.900 bits per heavy atom. The minimum absolute atomic E-state index is 0.0454. The lowest BCUT2D eigenvalue weighted by molar-refractivity contribution is -0.0580. The van der Waals surface area contributed by atoms with Crippen LogP contribution in [-0.2, 0) is 4.74 Å². The van der Waals surface area contributed by atoms with E-state index in [-0.39, 0.29) is 12.1 Å². The summed E-state index contributed by atoms with van der Waals surface area (Å²) >= 11 is 6.13. The molecule has 1 atom stereocenters. The molecule has 2 aliphatic heterocycles. The number of ether oxygens (including phenoxy) is 1. The highest BCUT2D eigenvalue weighted by Gasteiger charge is 2.62. The highest BCUT2D eigenvalue weighted by molar-refractivity contribution is 6.30. The Morgan fingerprint density at radius 3 is 2.17 bits per heavy atom. The number of carbonyl (C=O) groups is 1. The highest BCUT2D eigenvalue weighted by atomic mass is 35.5. The SMILES string of the molecule is Cc1ccc(N2C(=O)N(c3ccc(Cl)cc3)[C@H](c3cccc(C)c3)C23COC3)cc1. The summed E-state index contributed by atoms with van der Waals surface area (Å²) in [6, 6.07) is 23.8. The second kappa shape index (κ2) is 7.15. The Labute approximate surface area is 181 Å². The summed E-state index contributed by atoms with van der Waals surface area (Å²) in [5, 5.41) is 0.648. The second-order valence-corrected chi connectivity index (χ2v) is 8.65. The van der Waals surface area contributed by atoms with Crippen LogP contribution in [0.2, 0.25) is 5.02 Å². The van der Waals surface area contributed by atoms with Crippen LogP contribution in [0.1, 0.15) is 22.7 Å². The van der Waals surface area contributed by atoms with Gasteiger partial charge in [0.15, 0.2) is 0 Å². The minimum atomic E-state index is -0.459. The van der Waals surface area contributed by atoms with Crippen molar-refractivity contribution in [3.05, 3.63) is 94.5 Å². The molecule has 152 valence electrons. The van der Waals surface area contributed by atoms with Crippen molar-refractivity contribution in [2.24, 2.45) is 0 Å². The first-order valence-corrected chi connectivity index (χ1v) is 10.5. The molecular formula is C25H23ClN2O2. The number of anilines is 2. The van der Waals surface area contributed by atoms with Crippen LogP contribution in [0.25, 0.3) is 0 Å². The minimum Gasteiger partial charge on any atom is -0.376 e. The average molecular weight is 419 g/mol. The first-order chi connectivity index (χ1) is 14.5. The summed E-state index contributed by atoms with van der Waals surface area (Å²) in [6.07, 6.45) is 0. The van der Waals surface area contributed by atoms with E-state index in [4.69, 9.17) is 16.3 Å². The van der Waals surface area contributed by atoms with Crippen LogP contribution in [0.3, 0.4) is 0 Å². The summed E-state index contributed by atoms with van der Waals surface area (Å²) in [7, 11) is 0. The maximum Gasteiger partial charge on any atom is 0.330 e. The zero-order valence-corrected chi connectivity index (χ0v) is 17.8. The molecule has 2 amide bonds. The quantitative estimate of drug-likeness (QED) is 0.529. The van der Waals surface area contributed by atoms with Gasteiger partial charge in [-0.1, -0.05) is 59.1 Å². The topological polar surface area (TPSA) is 32.8 Å². The molecule has 0 unspecified atom stereocenters. The maximum atomic E-state index is 13.9. The molecule has 0 aromatic heterocycles. The van der Waals surface area contributed by atoms with Crippen molar-refractivity contribution in [1.29, 1.82) is 0 Å². The number of hydrogen-bond donors (Lipinski definition) is 0. The van der Waals surface area contributed by atoms with Crippen LogP contribution >= 0.6 is 11.6 Å². The Bertz CT molecular complexity index is 1090. The van der Waals surface area contributed by atoms with Crippen LogP contribution in [0.5, 0.6) is 0 Å². The van der Waals surface area contributed by atoms with Gasteiger partial charge in [-0.05, 0) is 55.8 Å². The van der Waals surface area contributed by atoms with Crippen LogP contribution in [0.15, 0.2) is 72.8 Å². The lowest BCUT2D eigenvalue weighted by Crippen LogP contribution is -2.62. The number of aryl methyl sites for hydroxylation is 2. The van der Waals surface area contributed by atoms with Gasteiger partial charge in [0.05, 0.1) is 19.3 Å². The van der Waals surface area contributed by atoms with Crippen molar-refractivity contribution >= 4 is 29.0 Å². The number of nitrogens with zero attached hydrogens (tertiary/aromatic N) is 2. The van der Waals surface area contributed by atoms with E-state index in [1.54, 1.807) is 0 Å². The van der Waals surface area contributed by atoms with E-state index in [9.17, 15) is 4.79 Å². The predicted octanol–water partition coefficient (Wildman–Crippen LogP) is 5.91. The maximum absolute atomic E-state index is 13.9. The molecule has 30 heavy (non-hydrogen) atoms. The van der Waals surface area contributed by atoms with Gasteiger partial charge >= 0.3 is 6.03 Å². The number of halogens is 1. The van der Waals surface area contributed by atoms with Crippen LogP contribution in [-0.4, -0.2) is 24.8 Å². The fraction of sp³-hybridized carbons (Fsp3) is 0.240. The van der Waals surface area contributed by atoms with Crippen LogP contribution < -0.4 is 9.80 Å². The molecule has 3 aromatic carbocycles. The first-order valence-electron chi connectivity index (χ1n) is 10.1. The molecule has 4 nitrogen and oxygen atoms in total. The van der Waals surface area contributed by atoms with E-state index in [0.717, 1.165) is 22.5 Å².